The molecule has 0 saturated heterocycles. The number of nitrogens with two attached hydrogens (primary N) is 1. The molecule has 1 unspecified atom stereocenters. The van der Waals surface area contributed by atoms with E-state index in [1.165, 1.54) is 0 Å². The van der Waals surface area contributed by atoms with Crippen LogP contribution in [0, 0.1) is 0 Å². The van der Waals surface area contributed by atoms with Crippen LogP contribution in [0.15, 0.2) is 16.3 Å². The zero-order valence-corrected chi connectivity index (χ0v) is 5.71. The molecule has 1 atom stereocenters. The summed E-state index contributed by atoms with van der Waals surface area (Å²) in [6, 6.07) is 0. The summed E-state index contributed by atoms with van der Waals surface area (Å²) in [5.74, 6) is 0.337. The summed E-state index contributed by atoms with van der Waals surface area (Å²) < 4.78 is 16.5. The van der Waals surface area contributed by atoms with Crippen molar-refractivity contribution in [2.45, 2.75) is 0 Å². The number of nitrogens with zero attached hydrogens (tertiary/aromatic N) is 1. The van der Waals surface area contributed by atoms with Gasteiger partial charge < -0.3 is 0 Å². The van der Waals surface area contributed by atoms with E-state index in [9.17, 15) is 3.83 Å². The van der Waals surface area contributed by atoms with Gasteiger partial charge in [0.05, 0.1) is 0 Å². The van der Waals surface area contributed by atoms with Gasteiger partial charge in [0, 0.05) is 0 Å². The van der Waals surface area contributed by atoms with Crippen LogP contribution in [0.4, 0.5) is 0 Å². The van der Waals surface area contributed by atoms with Gasteiger partial charge >= 0.3 is 50.3 Å². The normalized spacial score (nSPS) is 26.5. The van der Waals surface area contributed by atoms with Crippen molar-refractivity contribution in [1.29, 1.82) is 0 Å². The van der Waals surface area contributed by atoms with Crippen molar-refractivity contribution in [2.24, 2.45) is 9.74 Å². The molecule has 0 fully saturated rings. The Morgan fingerprint density at radius 2 is 2.62 bits per heavy atom. The van der Waals surface area contributed by atoms with Crippen LogP contribution in [0.25, 0.3) is 0 Å². The summed E-state index contributed by atoms with van der Waals surface area (Å²) in [6.07, 6.45) is 3.11. The molecule has 0 aliphatic carbocycles. The Balaban J connectivity index is 2.77. The SMILES string of the molecule is NC1=N[Se](=O)NC=C1. The van der Waals surface area contributed by atoms with Crippen molar-refractivity contribution >= 4 is 20.1 Å². The first-order valence-corrected chi connectivity index (χ1v) is 4.30. The van der Waals surface area contributed by atoms with Crippen LogP contribution in [-0.4, -0.2) is 20.1 Å². The maximum absolute atomic E-state index is 10.5. The molecule has 0 amide bonds. The van der Waals surface area contributed by atoms with Crippen molar-refractivity contribution in [3.05, 3.63) is 12.3 Å². The van der Waals surface area contributed by atoms with Crippen LogP contribution in [0.5, 0.6) is 0 Å². The van der Waals surface area contributed by atoms with Gasteiger partial charge in [-0.05, 0) is 0 Å². The Labute approximate surface area is 51.0 Å². The fourth-order valence-corrected chi connectivity index (χ4v) is 1.36. The standard InChI is InChI=1S/C3H5N3OSe/c4-3-1-2-5-8(7)6-3/h1-2,5H,(H2,4,6). The Hall–Kier alpha value is -0.671. The minimum atomic E-state index is -2.16. The van der Waals surface area contributed by atoms with Crippen molar-refractivity contribution in [3.63, 3.8) is 0 Å². The van der Waals surface area contributed by atoms with Crippen LogP contribution in [0.3, 0.4) is 0 Å². The predicted octanol–water partition coefficient (Wildman–Crippen LogP) is -1.12. The Morgan fingerprint density at radius 3 is 3.00 bits per heavy atom. The van der Waals surface area contributed by atoms with E-state index in [2.05, 4.69) is 8.34 Å². The zero-order chi connectivity index (χ0) is 5.98. The van der Waals surface area contributed by atoms with Crippen molar-refractivity contribution < 1.29 is 3.83 Å². The van der Waals surface area contributed by atoms with Gasteiger partial charge in [-0.2, -0.15) is 0 Å². The molecule has 0 spiro atoms. The molecule has 1 aliphatic heterocycles. The first-order chi connectivity index (χ1) is 3.79. The number of rotatable bonds is 0. The summed E-state index contributed by atoms with van der Waals surface area (Å²) in [6.45, 7) is 0. The Kier molecular flexibility index (Phi) is 1.41. The summed E-state index contributed by atoms with van der Waals surface area (Å²) >= 11 is -2.16. The molecule has 1 aliphatic rings. The molecule has 0 aromatic rings. The van der Waals surface area contributed by atoms with Gasteiger partial charge in [-0.1, -0.05) is 0 Å². The van der Waals surface area contributed by atoms with Crippen LogP contribution < -0.4 is 10.1 Å². The van der Waals surface area contributed by atoms with E-state index in [0.29, 0.717) is 5.84 Å². The maximum atomic E-state index is 10.5. The summed E-state index contributed by atoms with van der Waals surface area (Å²) in [5.41, 5.74) is 5.18. The van der Waals surface area contributed by atoms with Gasteiger partial charge in [-0.3, -0.25) is 0 Å². The second-order valence-electron chi connectivity index (χ2n) is 1.22. The molecule has 1 rings (SSSR count). The number of hydrogen-bond donors (Lipinski definition) is 2. The van der Waals surface area contributed by atoms with Gasteiger partial charge in [-0.25, -0.2) is 0 Å². The van der Waals surface area contributed by atoms with E-state index in [1.54, 1.807) is 12.3 Å². The molecule has 8 heavy (non-hydrogen) atoms. The third-order valence-corrected chi connectivity index (χ3v) is 2.11. The molecule has 4 nitrogen and oxygen atoms in total. The van der Waals surface area contributed by atoms with Crippen molar-refractivity contribution in [1.82, 2.24) is 4.33 Å². The molecule has 0 aromatic heterocycles. The summed E-state index contributed by atoms with van der Waals surface area (Å²) in [4.78, 5) is 0. The van der Waals surface area contributed by atoms with Crippen LogP contribution in [0.2, 0.25) is 0 Å². The fourth-order valence-electron chi connectivity index (χ4n) is 0.330. The first kappa shape index (κ1) is 5.47. The zero-order valence-electron chi connectivity index (χ0n) is 4.00. The average Bonchev–Trinajstić information content (AvgIpc) is 1.64. The van der Waals surface area contributed by atoms with Crippen LogP contribution in [0.1, 0.15) is 0 Å². The van der Waals surface area contributed by atoms with E-state index < -0.39 is 14.3 Å². The van der Waals surface area contributed by atoms with Gasteiger partial charge in [0.1, 0.15) is 0 Å². The number of hydrogen-bond acceptors (Lipinski definition) is 2. The van der Waals surface area contributed by atoms with Crippen molar-refractivity contribution in [3.8, 4) is 0 Å². The van der Waals surface area contributed by atoms with Gasteiger partial charge in [0.2, 0.25) is 0 Å². The molecule has 0 aromatic carbocycles. The molecular formula is C3H5N3OSe. The third kappa shape index (κ3) is 1.15. The molecular weight excluding hydrogens is 173 g/mol. The monoisotopic (exact) mass is 179 g/mol. The fraction of sp³-hybridized carbons (Fsp3) is 0. The predicted molar refractivity (Wildman–Crippen MR) is 30.3 cm³/mol. The van der Waals surface area contributed by atoms with Crippen LogP contribution >= 0.6 is 0 Å². The molecule has 5 heteroatoms. The summed E-state index contributed by atoms with van der Waals surface area (Å²) in [7, 11) is 0. The van der Waals surface area contributed by atoms with Gasteiger partial charge in [-0.15, -0.1) is 0 Å². The van der Waals surface area contributed by atoms with Gasteiger partial charge in [0.25, 0.3) is 0 Å². The topological polar surface area (TPSA) is 67.5 Å². The Bertz CT molecular complexity index is 173. The second-order valence-corrected chi connectivity index (χ2v) is 3.14. The molecule has 1 heterocycles. The second kappa shape index (κ2) is 2.07. The van der Waals surface area contributed by atoms with E-state index in [-0.39, 0.29) is 0 Å². The molecule has 3 N–H and O–H groups in total. The number of amidine groups is 1. The van der Waals surface area contributed by atoms with E-state index >= 15 is 0 Å². The van der Waals surface area contributed by atoms with Crippen LogP contribution in [-0.2, 0) is 3.83 Å². The van der Waals surface area contributed by atoms with E-state index in [1.807, 2.05) is 0 Å². The first-order valence-electron chi connectivity index (χ1n) is 1.98. The third-order valence-electron chi connectivity index (χ3n) is 0.611. The minimum absolute atomic E-state index is 0.337. The van der Waals surface area contributed by atoms with Crippen molar-refractivity contribution in [2.75, 3.05) is 0 Å². The summed E-state index contributed by atoms with van der Waals surface area (Å²) in [5, 5.41) is 0. The van der Waals surface area contributed by atoms with E-state index in [4.69, 9.17) is 5.73 Å². The van der Waals surface area contributed by atoms with Gasteiger partial charge in [0.15, 0.2) is 0 Å². The quantitative estimate of drug-likeness (QED) is 0.461. The number of nitrogens with one attached hydrogen (secondary N) is 1. The average molecular weight is 178 g/mol. The molecule has 0 saturated carbocycles. The molecule has 44 valence electrons. The Morgan fingerprint density at radius 1 is 1.88 bits per heavy atom. The van der Waals surface area contributed by atoms with E-state index in [0.717, 1.165) is 0 Å². The molecule has 0 bridgehead atoms. The molecule has 0 radical (unpaired) electrons.